The number of phosphoric ester groups is 4. The average Bonchev–Trinajstić information content (AvgIpc) is 3.16. The van der Waals surface area contributed by atoms with Crippen LogP contribution in [0.4, 0.5) is 0 Å². The van der Waals surface area contributed by atoms with Gasteiger partial charge in [-0.2, -0.15) is 8.62 Å². The van der Waals surface area contributed by atoms with Crippen LogP contribution in [0.2, 0.25) is 0 Å². The summed E-state index contributed by atoms with van der Waals surface area (Å²) in [6.45, 7) is -2.02. The Morgan fingerprint density at radius 2 is 0.708 bits per heavy atom. The topological polar surface area (TPSA) is 471 Å². The molecule has 0 aliphatic carbocycles. The molecule has 0 aromatic carbocycles. The van der Waals surface area contributed by atoms with E-state index < -0.39 is 109 Å². The van der Waals surface area contributed by atoms with Crippen LogP contribution in [0.5, 0.6) is 0 Å². The van der Waals surface area contributed by atoms with E-state index in [1.54, 1.807) is 0 Å². The fraction of sp³-hybridized carbons (Fsp3) is 1.00. The molecular weight excluding hydrogens is 846 g/mol. The third kappa shape index (κ3) is 24.9. The maximum Gasteiger partial charge on any atom is 1.00 e. The molecule has 0 radical (unpaired) electrons. The van der Waals surface area contributed by atoms with Crippen molar-refractivity contribution < 1.29 is 251 Å². The van der Waals surface area contributed by atoms with Gasteiger partial charge in [-0.25, -0.2) is 27.4 Å². The van der Waals surface area contributed by atoms with Crippen LogP contribution in [0.15, 0.2) is 0 Å². The molecule has 264 valence electrons. The fourth-order valence-electron chi connectivity index (χ4n) is 2.74. The molecule has 28 nitrogen and oxygen atoms in total. The molecule has 0 aromatic rings. The number of phosphoric acid groups is 6. The molecule has 38 heteroatoms. The van der Waals surface area contributed by atoms with Gasteiger partial charge in [-0.3, -0.25) is 18.1 Å². The monoisotopic (exact) mass is 868 g/mol. The van der Waals surface area contributed by atoms with Crippen LogP contribution >= 0.6 is 46.9 Å². The largest absolute Gasteiger partial charge is 1.00 e. The van der Waals surface area contributed by atoms with Crippen LogP contribution in [0, 0.1) is 0 Å². The van der Waals surface area contributed by atoms with E-state index in [0.29, 0.717) is 0 Å². The van der Waals surface area contributed by atoms with Crippen molar-refractivity contribution >= 4 is 46.9 Å². The van der Waals surface area contributed by atoms with Gasteiger partial charge in [-0.05, 0) is 0 Å². The molecule has 0 saturated carbocycles. The van der Waals surface area contributed by atoms with E-state index in [1.807, 2.05) is 0 Å². The van der Waals surface area contributed by atoms with Crippen LogP contribution in [0.25, 0.3) is 0 Å². The van der Waals surface area contributed by atoms with Crippen molar-refractivity contribution in [2.24, 2.45) is 0 Å². The van der Waals surface area contributed by atoms with E-state index >= 15 is 0 Å². The normalized spacial score (nSPS) is 30.1. The van der Waals surface area contributed by atoms with Crippen molar-refractivity contribution in [2.45, 2.75) is 49.2 Å². The van der Waals surface area contributed by atoms with Crippen molar-refractivity contribution in [1.29, 1.82) is 0 Å². The van der Waals surface area contributed by atoms with Crippen LogP contribution in [-0.4, -0.2) is 111 Å². The van der Waals surface area contributed by atoms with Crippen molar-refractivity contribution in [3.8, 4) is 0 Å². The Morgan fingerprint density at radius 3 is 0.917 bits per heavy atom. The van der Waals surface area contributed by atoms with Gasteiger partial charge < -0.3 is 78.8 Å². The smallest absolute Gasteiger partial charge is 0.851 e. The second kappa shape index (κ2) is 23.7. The van der Waals surface area contributed by atoms with Gasteiger partial charge in [0.25, 0.3) is 0 Å². The molecule has 2 heterocycles. The van der Waals surface area contributed by atoms with E-state index in [2.05, 4.69) is 36.2 Å². The molecule has 10 N–H and O–H groups in total. The van der Waals surface area contributed by atoms with E-state index in [9.17, 15) is 47.8 Å². The first-order valence-electron chi connectivity index (χ1n) is 10.3. The Labute approximate surface area is 356 Å². The third-order valence-corrected chi connectivity index (χ3v) is 9.51. The van der Waals surface area contributed by atoms with Crippen molar-refractivity contribution in [2.75, 3.05) is 13.2 Å². The first-order valence-corrected chi connectivity index (χ1v) is 19.4. The van der Waals surface area contributed by atoms with Crippen LogP contribution in [0.1, 0.15) is 0 Å². The summed E-state index contributed by atoms with van der Waals surface area (Å²) in [5.41, 5.74) is 0. The SMILES string of the molecule is O=P(O)(O)OC[C@H]1O[C@H](OP(=O)(O)OP(=O)(O)O)[C@H]([O-])[C@@H]1[O-].O=P(O)(O)OC[C@H]1O[C@H](OP(=O)(O)OP(=O)(O)O)[C@H]([O-])[C@@H]1[O-].[Na+].[Na+].[Na+].[Na+]. The van der Waals surface area contributed by atoms with Gasteiger partial charge >= 0.3 is 165 Å². The summed E-state index contributed by atoms with van der Waals surface area (Å²) in [6.07, 6.45) is -17.0. The maximum absolute atomic E-state index is 11.5. The number of hydrogen-bond acceptors (Lipinski definition) is 18. The van der Waals surface area contributed by atoms with Crippen LogP contribution in [-0.2, 0) is 63.6 Å². The van der Waals surface area contributed by atoms with Gasteiger partial charge in [0.15, 0.2) is 12.6 Å². The standard InChI is InChI=1S/2C5H11O14P3.4Na/c2*6-3-2(1-16-20(8,9)10)17-5(4(3)7)18-22(14,15)19-21(11,12)13;;;;/h2*2-5H,1H2,(H,14,15)(H2,8,9,10)(H2,11,12,13);;;;/q2*-2;4*+1/t2*2-,3-,4-,5-;;;;/m11..../s1. The minimum atomic E-state index is -5.43. The summed E-state index contributed by atoms with van der Waals surface area (Å²) < 4.78 is 96.0. The van der Waals surface area contributed by atoms with Gasteiger partial charge in [0.05, 0.1) is 25.4 Å². The number of rotatable bonds is 14. The molecule has 0 bridgehead atoms. The molecule has 2 unspecified atom stereocenters. The van der Waals surface area contributed by atoms with Gasteiger partial charge in [0, 0.05) is 0 Å². The van der Waals surface area contributed by atoms with Crippen molar-refractivity contribution in [3.05, 3.63) is 0 Å². The van der Waals surface area contributed by atoms with E-state index in [4.69, 9.17) is 48.9 Å². The Balaban J connectivity index is -0.000000372. The summed E-state index contributed by atoms with van der Waals surface area (Å²) >= 11 is 0. The number of ether oxygens (including phenoxy) is 2. The quantitative estimate of drug-likeness (QED) is 0.0572. The molecule has 2 rings (SSSR count). The number of hydrogen-bond donors (Lipinski definition) is 10. The zero-order valence-electron chi connectivity index (χ0n) is 24.5. The van der Waals surface area contributed by atoms with Gasteiger partial charge in [0.2, 0.25) is 0 Å². The van der Waals surface area contributed by atoms with Crippen LogP contribution in [0.3, 0.4) is 0 Å². The Morgan fingerprint density at radius 1 is 0.458 bits per heavy atom. The molecule has 0 aromatic heterocycles. The minimum absolute atomic E-state index is 0. The van der Waals surface area contributed by atoms with Gasteiger partial charge in [-0.15, -0.1) is 12.2 Å². The minimum Gasteiger partial charge on any atom is -0.851 e. The maximum atomic E-state index is 11.5. The molecule has 0 spiro atoms. The Bertz CT molecular complexity index is 1160. The molecule has 2 aliphatic rings. The third-order valence-electron chi connectivity index (χ3n) is 4.24. The zero-order valence-corrected chi connectivity index (χ0v) is 37.9. The molecule has 0 amide bonds. The fourth-order valence-corrected chi connectivity index (χ4v) is 6.74. The van der Waals surface area contributed by atoms with Gasteiger partial charge in [-0.1, -0.05) is 12.2 Å². The molecule has 2 fully saturated rings. The Kier molecular flexibility index (Phi) is 29.2. The van der Waals surface area contributed by atoms with E-state index in [1.165, 1.54) is 0 Å². The average molecular weight is 868 g/mol. The van der Waals surface area contributed by atoms with Crippen molar-refractivity contribution in [1.82, 2.24) is 0 Å². The summed E-state index contributed by atoms with van der Waals surface area (Å²) in [6, 6.07) is 0. The summed E-state index contributed by atoms with van der Waals surface area (Å²) in [7, 11) is -31.6. The molecule has 10 atom stereocenters. The summed E-state index contributed by atoms with van der Waals surface area (Å²) in [5, 5.41) is 45.9. The summed E-state index contributed by atoms with van der Waals surface area (Å²) in [5.74, 6) is 0. The molecular formula is C10H22Na4O28P6. The van der Waals surface area contributed by atoms with Crippen molar-refractivity contribution in [3.63, 3.8) is 0 Å². The van der Waals surface area contributed by atoms with Crippen LogP contribution < -0.4 is 139 Å². The van der Waals surface area contributed by atoms with E-state index in [0.717, 1.165) is 0 Å². The first kappa shape index (κ1) is 59.2. The Hall–Kier alpha value is 4.50. The predicted octanol–water partition coefficient (Wildman–Crippen LogP) is -19.0. The second-order valence-electron chi connectivity index (χ2n) is 7.81. The predicted molar refractivity (Wildman–Crippen MR) is 117 cm³/mol. The molecule has 48 heavy (non-hydrogen) atoms. The van der Waals surface area contributed by atoms with Gasteiger partial charge in [0.1, 0.15) is 0 Å². The molecule has 2 saturated heterocycles. The second-order valence-corrected chi connectivity index (χ2v) is 15.9. The van der Waals surface area contributed by atoms with E-state index in [-0.39, 0.29) is 118 Å². The summed E-state index contributed by atoms with van der Waals surface area (Å²) in [4.78, 5) is 85.2. The zero-order chi connectivity index (χ0) is 34.7. The molecule has 2 aliphatic heterocycles. The first-order chi connectivity index (χ1) is 19.4.